The molecule has 3 aromatic rings. The minimum atomic E-state index is 0.718. The molecule has 1 N–H and O–H groups in total. The number of hydrogen-bond donors (Lipinski definition) is 1. The lowest BCUT2D eigenvalue weighted by Crippen LogP contribution is -2.34. The molecule has 2 aromatic carbocycles. The number of halogens is 1. The van der Waals surface area contributed by atoms with Gasteiger partial charge in [-0.25, -0.2) is 0 Å². The molecule has 1 fully saturated rings. The van der Waals surface area contributed by atoms with Gasteiger partial charge in [-0.1, -0.05) is 46.3 Å². The van der Waals surface area contributed by atoms with E-state index in [1.54, 1.807) is 0 Å². The predicted molar refractivity (Wildman–Crippen MR) is 107 cm³/mol. The van der Waals surface area contributed by atoms with Crippen LogP contribution in [-0.4, -0.2) is 28.2 Å². The van der Waals surface area contributed by atoms with E-state index in [1.807, 2.05) is 11.8 Å². The Morgan fingerprint density at radius 1 is 1.08 bits per heavy atom. The van der Waals surface area contributed by atoms with Gasteiger partial charge >= 0.3 is 0 Å². The van der Waals surface area contributed by atoms with E-state index >= 15 is 0 Å². The second kappa shape index (κ2) is 7.34. The van der Waals surface area contributed by atoms with E-state index in [-0.39, 0.29) is 0 Å². The second-order valence-electron chi connectivity index (χ2n) is 6.42. The van der Waals surface area contributed by atoms with Crippen molar-refractivity contribution in [1.82, 2.24) is 9.88 Å². The SMILES string of the molecule is Brc1ccc2[nH]cc(SC3CCN(Cc4ccccc4)CC3)c2c1. The van der Waals surface area contributed by atoms with Crippen molar-refractivity contribution in [1.29, 1.82) is 0 Å². The maximum absolute atomic E-state index is 3.59. The van der Waals surface area contributed by atoms with Crippen molar-refractivity contribution < 1.29 is 0 Å². The standard InChI is InChI=1S/C20H21BrN2S/c21-16-6-7-19-18(12-16)20(13-22-19)24-17-8-10-23(11-9-17)14-15-4-2-1-3-5-15/h1-7,12-13,17,22H,8-11,14H2. The summed E-state index contributed by atoms with van der Waals surface area (Å²) in [5.41, 5.74) is 2.65. The smallest absolute Gasteiger partial charge is 0.0466 e. The van der Waals surface area contributed by atoms with Crippen molar-refractivity contribution in [3.63, 3.8) is 0 Å². The van der Waals surface area contributed by atoms with E-state index in [2.05, 4.69) is 80.5 Å². The topological polar surface area (TPSA) is 19.0 Å². The number of nitrogens with zero attached hydrogens (tertiary/aromatic N) is 1. The van der Waals surface area contributed by atoms with Gasteiger partial charge in [-0.15, -0.1) is 11.8 Å². The van der Waals surface area contributed by atoms with Crippen LogP contribution in [0.2, 0.25) is 0 Å². The molecule has 0 radical (unpaired) electrons. The molecule has 0 atom stereocenters. The molecule has 24 heavy (non-hydrogen) atoms. The summed E-state index contributed by atoms with van der Waals surface area (Å²) in [7, 11) is 0. The maximum atomic E-state index is 3.59. The molecule has 1 aromatic heterocycles. The molecule has 124 valence electrons. The van der Waals surface area contributed by atoms with Crippen LogP contribution in [0, 0.1) is 0 Å². The van der Waals surface area contributed by atoms with E-state index < -0.39 is 0 Å². The third-order valence-corrected chi connectivity index (χ3v) is 6.57. The second-order valence-corrected chi connectivity index (χ2v) is 8.68. The fourth-order valence-corrected chi connectivity index (χ4v) is 4.96. The van der Waals surface area contributed by atoms with Crippen molar-refractivity contribution in [2.45, 2.75) is 29.5 Å². The molecule has 0 spiro atoms. The Balaban J connectivity index is 1.36. The molecule has 2 nitrogen and oxygen atoms in total. The van der Waals surface area contributed by atoms with E-state index in [0.29, 0.717) is 0 Å². The lowest BCUT2D eigenvalue weighted by molar-refractivity contribution is 0.225. The number of aromatic amines is 1. The van der Waals surface area contributed by atoms with Gasteiger partial charge in [0.1, 0.15) is 0 Å². The largest absolute Gasteiger partial charge is 0.360 e. The van der Waals surface area contributed by atoms with Gasteiger partial charge in [0.15, 0.2) is 0 Å². The zero-order chi connectivity index (χ0) is 16.4. The Hall–Kier alpha value is -1.23. The van der Waals surface area contributed by atoms with Crippen LogP contribution in [0.1, 0.15) is 18.4 Å². The summed E-state index contributed by atoms with van der Waals surface area (Å²) in [4.78, 5) is 7.36. The molecule has 1 saturated heterocycles. The van der Waals surface area contributed by atoms with E-state index in [4.69, 9.17) is 0 Å². The summed E-state index contributed by atoms with van der Waals surface area (Å²) in [5.74, 6) is 0. The fourth-order valence-electron chi connectivity index (χ4n) is 3.37. The molecule has 0 bridgehead atoms. The Morgan fingerprint density at radius 2 is 1.88 bits per heavy atom. The van der Waals surface area contributed by atoms with Crippen LogP contribution < -0.4 is 0 Å². The number of nitrogens with one attached hydrogen (secondary N) is 1. The van der Waals surface area contributed by atoms with Gasteiger partial charge in [0.05, 0.1) is 0 Å². The molecular weight excluding hydrogens is 380 g/mol. The van der Waals surface area contributed by atoms with Crippen molar-refractivity contribution in [3.8, 4) is 0 Å². The van der Waals surface area contributed by atoms with Gasteiger partial charge in [-0.2, -0.15) is 0 Å². The number of hydrogen-bond acceptors (Lipinski definition) is 2. The van der Waals surface area contributed by atoms with Crippen LogP contribution >= 0.6 is 27.7 Å². The monoisotopic (exact) mass is 400 g/mol. The van der Waals surface area contributed by atoms with Gasteiger partial charge in [0.25, 0.3) is 0 Å². The van der Waals surface area contributed by atoms with E-state index in [1.165, 1.54) is 47.3 Å². The highest BCUT2D eigenvalue weighted by molar-refractivity contribution is 9.10. The molecule has 4 rings (SSSR count). The normalized spacial score (nSPS) is 16.7. The molecule has 2 heterocycles. The quantitative estimate of drug-likeness (QED) is 0.606. The lowest BCUT2D eigenvalue weighted by Gasteiger charge is -2.31. The Bertz CT molecular complexity index is 807. The minimum Gasteiger partial charge on any atom is -0.360 e. The number of H-pyrrole nitrogens is 1. The van der Waals surface area contributed by atoms with Gasteiger partial charge in [-0.05, 0) is 49.7 Å². The fraction of sp³-hybridized carbons (Fsp3) is 0.300. The number of benzene rings is 2. The molecule has 0 unspecified atom stereocenters. The Labute approximate surface area is 155 Å². The summed E-state index contributed by atoms with van der Waals surface area (Å²) in [6.45, 7) is 3.47. The van der Waals surface area contributed by atoms with Crippen molar-refractivity contribution in [2.24, 2.45) is 0 Å². The number of piperidine rings is 1. The highest BCUT2D eigenvalue weighted by Gasteiger charge is 2.21. The number of rotatable bonds is 4. The van der Waals surface area contributed by atoms with Gasteiger partial charge < -0.3 is 4.98 Å². The molecule has 1 aliphatic rings. The highest BCUT2D eigenvalue weighted by Crippen LogP contribution is 2.36. The van der Waals surface area contributed by atoms with E-state index in [0.717, 1.165) is 16.3 Å². The third-order valence-electron chi connectivity index (χ3n) is 4.68. The molecule has 4 heteroatoms. The van der Waals surface area contributed by atoms with Gasteiger partial charge in [-0.3, -0.25) is 4.90 Å². The average molecular weight is 401 g/mol. The van der Waals surface area contributed by atoms with Crippen molar-refractivity contribution in [2.75, 3.05) is 13.1 Å². The van der Waals surface area contributed by atoms with Crippen molar-refractivity contribution >= 4 is 38.6 Å². The molecule has 0 aliphatic carbocycles. The van der Waals surface area contributed by atoms with Gasteiger partial charge in [0, 0.05) is 38.3 Å². The lowest BCUT2D eigenvalue weighted by atomic mass is 10.1. The Kier molecular flexibility index (Phi) is 4.97. The first kappa shape index (κ1) is 16.2. The maximum Gasteiger partial charge on any atom is 0.0466 e. The summed E-state index contributed by atoms with van der Waals surface area (Å²) >= 11 is 5.63. The summed E-state index contributed by atoms with van der Waals surface area (Å²) in [5, 5.41) is 2.05. The molecular formula is C20H21BrN2S. The summed E-state index contributed by atoms with van der Waals surface area (Å²) < 4.78 is 1.15. The van der Waals surface area contributed by atoms with Crippen molar-refractivity contribution in [3.05, 3.63) is 64.8 Å². The van der Waals surface area contributed by atoms with Crippen LogP contribution in [0.15, 0.2) is 64.1 Å². The zero-order valence-electron chi connectivity index (χ0n) is 13.5. The number of aromatic nitrogens is 1. The third kappa shape index (κ3) is 3.71. The molecule has 0 amide bonds. The number of likely N-dealkylation sites (tertiary alicyclic amines) is 1. The van der Waals surface area contributed by atoms with E-state index in [9.17, 15) is 0 Å². The first-order valence-corrected chi connectivity index (χ1v) is 10.1. The molecule has 1 aliphatic heterocycles. The summed E-state index contributed by atoms with van der Waals surface area (Å²) in [6, 6.07) is 17.3. The average Bonchev–Trinajstić information content (AvgIpc) is 3.00. The van der Waals surface area contributed by atoms with Gasteiger partial charge in [0.2, 0.25) is 0 Å². The van der Waals surface area contributed by atoms with Crippen LogP contribution in [0.5, 0.6) is 0 Å². The molecule has 0 saturated carbocycles. The van der Waals surface area contributed by atoms with Crippen LogP contribution in [0.4, 0.5) is 0 Å². The minimum absolute atomic E-state index is 0.718. The predicted octanol–water partition coefficient (Wildman–Crippen LogP) is 5.69. The highest BCUT2D eigenvalue weighted by atomic mass is 79.9. The summed E-state index contributed by atoms with van der Waals surface area (Å²) in [6.07, 6.45) is 4.69. The first-order chi connectivity index (χ1) is 11.8. The zero-order valence-corrected chi connectivity index (χ0v) is 15.9. The first-order valence-electron chi connectivity index (χ1n) is 8.47. The van der Waals surface area contributed by atoms with Crippen LogP contribution in [0.25, 0.3) is 10.9 Å². The number of fused-ring (bicyclic) bond motifs is 1. The Morgan fingerprint density at radius 3 is 2.67 bits per heavy atom. The number of thioether (sulfide) groups is 1. The van der Waals surface area contributed by atoms with Crippen LogP contribution in [0.3, 0.4) is 0 Å². The van der Waals surface area contributed by atoms with Crippen LogP contribution in [-0.2, 0) is 6.54 Å².